The molecule has 6 heteroatoms. The zero-order chi connectivity index (χ0) is 17.0. The van der Waals surface area contributed by atoms with Gasteiger partial charge in [-0.3, -0.25) is 4.99 Å². The molecule has 0 unspecified atom stereocenters. The Balaban J connectivity index is 1.64. The zero-order valence-corrected chi connectivity index (χ0v) is 14.9. The first-order valence-electron chi connectivity index (χ1n) is 8.88. The summed E-state index contributed by atoms with van der Waals surface area (Å²) in [4.78, 5) is 8.60. The minimum atomic E-state index is 0.435. The molecule has 1 aliphatic rings. The largest absolute Gasteiger partial charge is 0.481 e. The maximum atomic E-state index is 5.98. The van der Waals surface area contributed by atoms with Gasteiger partial charge >= 0.3 is 0 Å². The average molecular weight is 334 g/mol. The Kier molecular flexibility index (Phi) is 8.38. The molecule has 0 amide bonds. The number of aliphatic imine (C=N–C) groups is 1. The highest BCUT2D eigenvalue weighted by Gasteiger charge is 2.12. The van der Waals surface area contributed by atoms with E-state index in [1.54, 1.807) is 14.2 Å². The van der Waals surface area contributed by atoms with Crippen LogP contribution >= 0.6 is 0 Å². The van der Waals surface area contributed by atoms with E-state index in [1.165, 1.54) is 38.5 Å². The summed E-state index contributed by atoms with van der Waals surface area (Å²) in [7, 11) is 3.38. The van der Waals surface area contributed by atoms with Gasteiger partial charge in [-0.05, 0) is 18.9 Å². The van der Waals surface area contributed by atoms with Gasteiger partial charge < -0.3 is 20.1 Å². The molecule has 2 rings (SSSR count). The molecule has 0 atom stereocenters. The molecule has 0 spiro atoms. The van der Waals surface area contributed by atoms with Crippen LogP contribution in [0.2, 0.25) is 0 Å². The highest BCUT2D eigenvalue weighted by molar-refractivity contribution is 5.79. The Labute approximate surface area is 145 Å². The molecule has 0 radical (unpaired) electrons. The molecular weight excluding hydrogens is 304 g/mol. The van der Waals surface area contributed by atoms with E-state index in [9.17, 15) is 0 Å². The molecule has 1 fully saturated rings. The van der Waals surface area contributed by atoms with Gasteiger partial charge in [0.05, 0.1) is 32.1 Å². The molecule has 1 aromatic rings. The molecule has 24 heavy (non-hydrogen) atoms. The number of guanidine groups is 1. The van der Waals surface area contributed by atoms with Gasteiger partial charge in [-0.25, -0.2) is 4.98 Å². The lowest BCUT2D eigenvalue weighted by atomic mass is 10.1. The third-order valence-corrected chi connectivity index (χ3v) is 4.20. The molecule has 1 saturated carbocycles. The van der Waals surface area contributed by atoms with Gasteiger partial charge in [0, 0.05) is 19.7 Å². The molecule has 0 saturated heterocycles. The SMILES string of the molecule is CN=C(NCCOC1CCCCCC1)NCc1cccc(OC)n1. The van der Waals surface area contributed by atoms with Crippen molar-refractivity contribution in [2.45, 2.75) is 51.2 Å². The van der Waals surface area contributed by atoms with Gasteiger partial charge in [0.15, 0.2) is 5.96 Å². The predicted molar refractivity (Wildman–Crippen MR) is 96.4 cm³/mol. The zero-order valence-electron chi connectivity index (χ0n) is 14.9. The molecular formula is C18H30N4O2. The number of pyridine rings is 1. The lowest BCUT2D eigenvalue weighted by molar-refractivity contribution is 0.0468. The third kappa shape index (κ3) is 6.74. The molecule has 0 aliphatic heterocycles. The van der Waals surface area contributed by atoms with Gasteiger partial charge in [-0.2, -0.15) is 0 Å². The number of rotatable bonds is 7. The fraction of sp³-hybridized carbons (Fsp3) is 0.667. The van der Waals surface area contributed by atoms with E-state index >= 15 is 0 Å². The van der Waals surface area contributed by atoms with E-state index in [0.717, 1.165) is 18.2 Å². The molecule has 1 heterocycles. The molecule has 0 bridgehead atoms. The number of hydrogen-bond donors (Lipinski definition) is 2. The van der Waals surface area contributed by atoms with Gasteiger partial charge in [0.25, 0.3) is 0 Å². The summed E-state index contributed by atoms with van der Waals surface area (Å²) in [6.07, 6.45) is 8.15. The molecule has 6 nitrogen and oxygen atoms in total. The second kappa shape index (κ2) is 10.9. The first kappa shape index (κ1) is 18.5. The summed E-state index contributed by atoms with van der Waals surface area (Å²) in [5, 5.41) is 6.53. The lowest BCUT2D eigenvalue weighted by Crippen LogP contribution is -2.39. The second-order valence-corrected chi connectivity index (χ2v) is 6.01. The molecule has 2 N–H and O–H groups in total. The van der Waals surface area contributed by atoms with Crippen LogP contribution < -0.4 is 15.4 Å². The van der Waals surface area contributed by atoms with Crippen molar-refractivity contribution in [1.29, 1.82) is 0 Å². The summed E-state index contributed by atoms with van der Waals surface area (Å²) in [5.41, 5.74) is 0.909. The highest BCUT2D eigenvalue weighted by atomic mass is 16.5. The van der Waals surface area contributed by atoms with Crippen LogP contribution in [0.3, 0.4) is 0 Å². The van der Waals surface area contributed by atoms with Crippen molar-refractivity contribution >= 4 is 5.96 Å². The van der Waals surface area contributed by atoms with Crippen LogP contribution in [0.25, 0.3) is 0 Å². The van der Waals surface area contributed by atoms with Gasteiger partial charge in [0.2, 0.25) is 5.88 Å². The number of hydrogen-bond acceptors (Lipinski definition) is 4. The number of nitrogens with one attached hydrogen (secondary N) is 2. The van der Waals surface area contributed by atoms with Crippen LogP contribution in [0.1, 0.15) is 44.2 Å². The van der Waals surface area contributed by atoms with Crippen molar-refractivity contribution in [3.8, 4) is 5.88 Å². The maximum Gasteiger partial charge on any atom is 0.213 e. The third-order valence-electron chi connectivity index (χ3n) is 4.20. The molecule has 0 aromatic carbocycles. The lowest BCUT2D eigenvalue weighted by Gasteiger charge is -2.16. The van der Waals surface area contributed by atoms with Gasteiger partial charge in [-0.1, -0.05) is 31.7 Å². The van der Waals surface area contributed by atoms with Crippen LogP contribution in [0.4, 0.5) is 0 Å². The molecule has 1 aliphatic carbocycles. The standard InChI is InChI=1S/C18H30N4O2/c1-19-18(21-14-15-8-7-11-17(22-15)23-2)20-12-13-24-16-9-5-3-4-6-10-16/h7-8,11,16H,3-6,9-10,12-14H2,1-2H3,(H2,19,20,21). The van der Waals surface area contributed by atoms with E-state index in [4.69, 9.17) is 9.47 Å². The van der Waals surface area contributed by atoms with Crippen LogP contribution in [0, 0.1) is 0 Å². The van der Waals surface area contributed by atoms with Crippen molar-refractivity contribution in [3.05, 3.63) is 23.9 Å². The molecule has 134 valence electrons. The van der Waals surface area contributed by atoms with Gasteiger partial charge in [0.1, 0.15) is 0 Å². The number of nitrogens with zero attached hydrogens (tertiary/aromatic N) is 2. The topological polar surface area (TPSA) is 67.8 Å². The quantitative estimate of drug-likeness (QED) is 0.347. The number of ether oxygens (including phenoxy) is 2. The average Bonchev–Trinajstić information content (AvgIpc) is 2.90. The van der Waals surface area contributed by atoms with Crippen molar-refractivity contribution in [1.82, 2.24) is 15.6 Å². The monoisotopic (exact) mass is 334 g/mol. The Hall–Kier alpha value is -1.82. The van der Waals surface area contributed by atoms with E-state index in [0.29, 0.717) is 25.1 Å². The minimum absolute atomic E-state index is 0.435. The van der Waals surface area contributed by atoms with Crippen molar-refractivity contribution in [3.63, 3.8) is 0 Å². The number of aromatic nitrogens is 1. The smallest absolute Gasteiger partial charge is 0.213 e. The van der Waals surface area contributed by atoms with Crippen LogP contribution in [-0.2, 0) is 11.3 Å². The van der Waals surface area contributed by atoms with Crippen LogP contribution in [0.5, 0.6) is 5.88 Å². The minimum Gasteiger partial charge on any atom is -0.481 e. The number of methoxy groups -OCH3 is 1. The fourth-order valence-corrected chi connectivity index (χ4v) is 2.87. The second-order valence-electron chi connectivity index (χ2n) is 6.01. The fourth-order valence-electron chi connectivity index (χ4n) is 2.87. The van der Waals surface area contributed by atoms with Crippen LogP contribution in [-0.4, -0.2) is 44.4 Å². The Morgan fingerprint density at radius 2 is 2.00 bits per heavy atom. The summed E-state index contributed by atoms with van der Waals surface area (Å²) in [5.74, 6) is 1.37. The Bertz CT molecular complexity index is 500. The normalized spacial score (nSPS) is 16.5. The highest BCUT2D eigenvalue weighted by Crippen LogP contribution is 2.19. The maximum absolute atomic E-state index is 5.98. The van der Waals surface area contributed by atoms with Crippen molar-refractivity contribution < 1.29 is 9.47 Å². The summed E-state index contributed by atoms with van der Waals surface area (Å²) in [6, 6.07) is 5.72. The molecule has 1 aromatic heterocycles. The summed E-state index contributed by atoms with van der Waals surface area (Å²) in [6.45, 7) is 2.06. The first-order valence-corrected chi connectivity index (χ1v) is 8.88. The van der Waals surface area contributed by atoms with E-state index in [-0.39, 0.29) is 0 Å². The van der Waals surface area contributed by atoms with E-state index < -0.39 is 0 Å². The Morgan fingerprint density at radius 3 is 2.71 bits per heavy atom. The first-order chi connectivity index (χ1) is 11.8. The predicted octanol–water partition coefficient (Wildman–Crippen LogP) is 2.49. The van der Waals surface area contributed by atoms with Gasteiger partial charge in [-0.15, -0.1) is 0 Å². The van der Waals surface area contributed by atoms with Crippen LogP contribution in [0.15, 0.2) is 23.2 Å². The van der Waals surface area contributed by atoms with Crippen molar-refractivity contribution in [2.24, 2.45) is 4.99 Å². The van der Waals surface area contributed by atoms with E-state index in [2.05, 4.69) is 20.6 Å². The van der Waals surface area contributed by atoms with Crippen molar-refractivity contribution in [2.75, 3.05) is 27.3 Å². The summed E-state index contributed by atoms with van der Waals surface area (Å²) >= 11 is 0. The van der Waals surface area contributed by atoms with E-state index in [1.807, 2.05) is 18.2 Å². The summed E-state index contributed by atoms with van der Waals surface area (Å²) < 4.78 is 11.1. The Morgan fingerprint density at radius 1 is 1.21 bits per heavy atom.